The summed E-state index contributed by atoms with van der Waals surface area (Å²) < 4.78 is 2.78. The number of phenols is 1. The predicted octanol–water partition coefficient (Wildman–Crippen LogP) is 4.82. The average molecular weight is 494 g/mol. The molecule has 0 saturated carbocycles. The van der Waals surface area contributed by atoms with Crippen molar-refractivity contribution in [3.63, 3.8) is 0 Å². The summed E-state index contributed by atoms with van der Waals surface area (Å²) in [5.41, 5.74) is 6.78. The lowest BCUT2D eigenvalue weighted by molar-refractivity contribution is 0.0954. The number of aromatic nitrogens is 1. The van der Waals surface area contributed by atoms with Gasteiger partial charge in [0.1, 0.15) is 5.75 Å². The summed E-state index contributed by atoms with van der Waals surface area (Å²) >= 11 is 7.96. The maximum absolute atomic E-state index is 12.2. The largest absolute Gasteiger partial charge is 0.507 e. The molecule has 0 unspecified atom stereocenters. The van der Waals surface area contributed by atoms with Crippen LogP contribution in [0.1, 0.15) is 27.3 Å². The van der Waals surface area contributed by atoms with Gasteiger partial charge >= 0.3 is 0 Å². The molecule has 1 aromatic heterocycles. The van der Waals surface area contributed by atoms with Gasteiger partial charge in [-0.15, -0.1) is 0 Å². The number of benzene rings is 2. The van der Waals surface area contributed by atoms with Crippen molar-refractivity contribution < 1.29 is 9.90 Å². The van der Waals surface area contributed by atoms with Crippen LogP contribution in [0.4, 0.5) is 0 Å². The predicted molar refractivity (Wildman–Crippen MR) is 116 cm³/mol. The highest BCUT2D eigenvalue weighted by molar-refractivity contribution is 14.1. The molecule has 0 atom stereocenters. The Kier molecular flexibility index (Phi) is 5.86. The molecule has 3 rings (SSSR count). The molecule has 0 spiro atoms. The quantitative estimate of drug-likeness (QED) is 0.311. The van der Waals surface area contributed by atoms with Gasteiger partial charge in [0.05, 0.1) is 9.78 Å². The smallest absolute Gasteiger partial charge is 0.271 e. The van der Waals surface area contributed by atoms with Crippen LogP contribution in [0.5, 0.6) is 5.75 Å². The maximum atomic E-state index is 12.2. The van der Waals surface area contributed by atoms with E-state index >= 15 is 0 Å². The van der Waals surface area contributed by atoms with E-state index in [9.17, 15) is 9.90 Å². The molecule has 0 aliphatic carbocycles. The minimum Gasteiger partial charge on any atom is -0.507 e. The van der Waals surface area contributed by atoms with Crippen LogP contribution in [-0.4, -0.2) is 21.8 Å². The summed E-state index contributed by atoms with van der Waals surface area (Å²) in [6.07, 6.45) is 1.61. The molecule has 1 heterocycles. The van der Waals surface area contributed by atoms with E-state index < -0.39 is 0 Å². The Labute approximate surface area is 175 Å². The van der Waals surface area contributed by atoms with Crippen molar-refractivity contribution in [1.29, 1.82) is 0 Å². The van der Waals surface area contributed by atoms with Gasteiger partial charge in [0.15, 0.2) is 0 Å². The molecule has 27 heavy (non-hydrogen) atoms. The molecule has 0 bridgehead atoms. The van der Waals surface area contributed by atoms with Gasteiger partial charge in [-0.3, -0.25) is 4.79 Å². The molecule has 0 aliphatic rings. The van der Waals surface area contributed by atoms with Crippen LogP contribution < -0.4 is 5.43 Å². The number of hydrogen-bond donors (Lipinski definition) is 2. The number of hydrazone groups is 1. The van der Waals surface area contributed by atoms with Crippen LogP contribution in [0.15, 0.2) is 53.6 Å². The first-order chi connectivity index (χ1) is 12.9. The highest BCUT2D eigenvalue weighted by Gasteiger charge is 2.10. The second kappa shape index (κ2) is 8.14. The summed E-state index contributed by atoms with van der Waals surface area (Å²) in [4.78, 5) is 12.2. The first-order valence-corrected chi connectivity index (χ1v) is 9.59. The molecule has 2 N–H and O–H groups in total. The number of nitrogens with zero attached hydrogens (tertiary/aromatic N) is 2. The number of nitrogens with one attached hydrogen (secondary N) is 1. The standard InChI is InChI=1S/C20H17ClIN3O2/c1-12-9-15(13(2)25(12)17-6-4-16(21)5-7-17)11-23-24-20(27)14-3-8-18(22)19(26)10-14/h3-11,26H,1-2H3,(H,24,27)/b23-11-. The highest BCUT2D eigenvalue weighted by Crippen LogP contribution is 2.22. The van der Waals surface area contributed by atoms with Crippen molar-refractivity contribution in [3.05, 3.63) is 79.6 Å². The van der Waals surface area contributed by atoms with Crippen LogP contribution >= 0.6 is 34.2 Å². The third-order valence-electron chi connectivity index (χ3n) is 4.13. The molecular weight excluding hydrogens is 477 g/mol. The van der Waals surface area contributed by atoms with Crippen molar-refractivity contribution in [2.75, 3.05) is 0 Å². The lowest BCUT2D eigenvalue weighted by atomic mass is 10.2. The molecule has 3 aromatic rings. The summed E-state index contributed by atoms with van der Waals surface area (Å²) in [6.45, 7) is 3.99. The fraction of sp³-hybridized carbons (Fsp3) is 0.100. The Morgan fingerprint density at radius 1 is 1.19 bits per heavy atom. The number of rotatable bonds is 4. The van der Waals surface area contributed by atoms with E-state index in [-0.39, 0.29) is 11.7 Å². The van der Waals surface area contributed by atoms with Crippen molar-refractivity contribution in [3.8, 4) is 11.4 Å². The molecule has 7 heteroatoms. The van der Waals surface area contributed by atoms with E-state index in [1.807, 2.05) is 66.8 Å². The first kappa shape index (κ1) is 19.4. The van der Waals surface area contributed by atoms with E-state index in [2.05, 4.69) is 15.1 Å². The van der Waals surface area contributed by atoms with Crippen molar-refractivity contribution >= 4 is 46.3 Å². The normalized spacial score (nSPS) is 11.1. The molecule has 0 aliphatic heterocycles. The number of hydrogen-bond acceptors (Lipinski definition) is 3. The second-order valence-electron chi connectivity index (χ2n) is 6.00. The molecule has 0 fully saturated rings. The number of carbonyl (C=O) groups excluding carboxylic acids is 1. The molecule has 138 valence electrons. The second-order valence-corrected chi connectivity index (χ2v) is 7.60. The summed E-state index contributed by atoms with van der Waals surface area (Å²) in [5.74, 6) is -0.316. The van der Waals surface area contributed by atoms with E-state index in [4.69, 9.17) is 11.6 Å². The number of aryl methyl sites for hydroxylation is 1. The number of amides is 1. The fourth-order valence-corrected chi connectivity index (χ4v) is 3.25. The van der Waals surface area contributed by atoms with Crippen molar-refractivity contribution in [2.24, 2.45) is 5.10 Å². The minimum atomic E-state index is -0.385. The maximum Gasteiger partial charge on any atom is 0.271 e. The SMILES string of the molecule is Cc1cc(/C=N\NC(=O)c2ccc(I)c(O)c2)c(C)n1-c1ccc(Cl)cc1. The third-order valence-corrected chi connectivity index (χ3v) is 5.30. The zero-order valence-electron chi connectivity index (χ0n) is 14.7. The van der Waals surface area contributed by atoms with Gasteiger partial charge in [-0.2, -0.15) is 5.10 Å². The molecule has 2 aromatic carbocycles. The van der Waals surface area contributed by atoms with E-state index in [0.717, 1.165) is 22.6 Å². The number of phenolic OH excluding ortho intramolecular Hbond substituents is 1. The Balaban J connectivity index is 1.77. The van der Waals surface area contributed by atoms with Crippen LogP contribution in [0, 0.1) is 17.4 Å². The summed E-state index contributed by atoms with van der Waals surface area (Å²) in [6, 6.07) is 14.3. The zero-order chi connectivity index (χ0) is 19.6. The Bertz CT molecular complexity index is 1030. The van der Waals surface area contributed by atoms with Gasteiger partial charge in [0, 0.05) is 33.2 Å². The van der Waals surface area contributed by atoms with Gasteiger partial charge in [-0.25, -0.2) is 5.43 Å². The Morgan fingerprint density at radius 3 is 2.56 bits per heavy atom. The van der Waals surface area contributed by atoms with Crippen molar-refractivity contribution in [1.82, 2.24) is 9.99 Å². The molecule has 0 saturated heterocycles. The van der Waals surface area contributed by atoms with Crippen molar-refractivity contribution in [2.45, 2.75) is 13.8 Å². The van der Waals surface area contributed by atoms with Gasteiger partial charge in [0.25, 0.3) is 5.91 Å². The van der Waals surface area contributed by atoms with Crippen LogP contribution in [-0.2, 0) is 0 Å². The van der Waals surface area contributed by atoms with E-state index in [1.165, 1.54) is 6.07 Å². The number of carbonyl (C=O) groups is 1. The monoisotopic (exact) mass is 493 g/mol. The molecule has 5 nitrogen and oxygen atoms in total. The van der Waals surface area contributed by atoms with Crippen LogP contribution in [0.25, 0.3) is 5.69 Å². The third kappa shape index (κ3) is 4.33. The van der Waals surface area contributed by atoms with Gasteiger partial charge in [-0.1, -0.05) is 11.6 Å². The Hall–Kier alpha value is -2.32. The number of aromatic hydroxyl groups is 1. The van der Waals surface area contributed by atoms with Gasteiger partial charge in [-0.05, 0) is 85.0 Å². The van der Waals surface area contributed by atoms with Crippen LogP contribution in [0.3, 0.4) is 0 Å². The van der Waals surface area contributed by atoms with Gasteiger partial charge in [0.2, 0.25) is 0 Å². The van der Waals surface area contributed by atoms with E-state index in [1.54, 1.807) is 18.3 Å². The fourth-order valence-electron chi connectivity index (χ4n) is 2.78. The lowest BCUT2D eigenvalue weighted by Crippen LogP contribution is -2.17. The Morgan fingerprint density at radius 2 is 1.89 bits per heavy atom. The first-order valence-electron chi connectivity index (χ1n) is 8.13. The molecular formula is C20H17ClIN3O2. The summed E-state index contributed by atoms with van der Waals surface area (Å²) in [7, 11) is 0. The molecule has 1 amide bonds. The molecule has 0 radical (unpaired) electrons. The van der Waals surface area contributed by atoms with E-state index in [0.29, 0.717) is 14.2 Å². The van der Waals surface area contributed by atoms with Crippen LogP contribution in [0.2, 0.25) is 5.02 Å². The number of halogens is 2. The van der Waals surface area contributed by atoms with Gasteiger partial charge < -0.3 is 9.67 Å². The lowest BCUT2D eigenvalue weighted by Gasteiger charge is -2.09. The average Bonchev–Trinajstić information content (AvgIpc) is 2.92. The highest BCUT2D eigenvalue weighted by atomic mass is 127. The summed E-state index contributed by atoms with van der Waals surface area (Å²) in [5, 5.41) is 14.4. The topological polar surface area (TPSA) is 66.6 Å². The zero-order valence-corrected chi connectivity index (χ0v) is 17.6. The minimum absolute atomic E-state index is 0.0683.